The highest BCUT2D eigenvalue weighted by atomic mass is 32.2. The zero-order valence-corrected chi connectivity index (χ0v) is 11.9. The third-order valence-corrected chi connectivity index (χ3v) is 5.81. The number of carboxylic acids is 1. The predicted molar refractivity (Wildman–Crippen MR) is 71.8 cm³/mol. The van der Waals surface area contributed by atoms with Crippen molar-refractivity contribution in [2.24, 2.45) is 5.41 Å². The molecule has 1 aromatic carbocycles. The quantitative estimate of drug-likeness (QED) is 0.899. The van der Waals surface area contributed by atoms with Crippen LogP contribution < -0.4 is 0 Å². The van der Waals surface area contributed by atoms with Crippen LogP contribution in [-0.4, -0.2) is 24.7 Å². The molecular weight excluding hydrogens is 264 g/mol. The van der Waals surface area contributed by atoms with Gasteiger partial charge in [0.05, 0.1) is 15.6 Å². The van der Waals surface area contributed by atoms with Gasteiger partial charge in [0.15, 0.2) is 9.84 Å². The fraction of sp³-hybridized carbons (Fsp3) is 0.500. The fourth-order valence-corrected chi connectivity index (χ4v) is 3.93. The van der Waals surface area contributed by atoms with Gasteiger partial charge in [-0.1, -0.05) is 18.2 Å². The first kappa shape index (κ1) is 14.1. The predicted octanol–water partition coefficient (Wildman–Crippen LogP) is 2.28. The highest BCUT2D eigenvalue weighted by Gasteiger charge is 2.39. The van der Waals surface area contributed by atoms with Gasteiger partial charge >= 0.3 is 5.97 Å². The molecule has 1 fully saturated rings. The van der Waals surface area contributed by atoms with E-state index in [-0.39, 0.29) is 11.7 Å². The summed E-state index contributed by atoms with van der Waals surface area (Å²) in [5.41, 5.74) is -0.378. The molecule has 0 radical (unpaired) electrons. The fourth-order valence-electron chi connectivity index (χ4n) is 2.04. The van der Waals surface area contributed by atoms with Gasteiger partial charge in [0.25, 0.3) is 0 Å². The van der Waals surface area contributed by atoms with E-state index in [9.17, 15) is 13.2 Å². The number of carbonyl (C=O) groups is 1. The van der Waals surface area contributed by atoms with Gasteiger partial charge in [-0.2, -0.15) is 0 Å². The lowest BCUT2D eigenvalue weighted by molar-refractivity contribution is -0.146. The molecule has 0 spiro atoms. The van der Waals surface area contributed by atoms with Crippen molar-refractivity contribution in [3.05, 3.63) is 29.8 Å². The minimum atomic E-state index is -3.29. The Balaban J connectivity index is 2.40. The van der Waals surface area contributed by atoms with E-state index in [0.717, 1.165) is 0 Å². The average molecular weight is 282 g/mol. The van der Waals surface area contributed by atoms with E-state index < -0.39 is 21.2 Å². The van der Waals surface area contributed by atoms with E-state index in [1.54, 1.807) is 38.1 Å². The van der Waals surface area contributed by atoms with Crippen LogP contribution in [-0.2, 0) is 21.1 Å². The van der Waals surface area contributed by atoms with Crippen molar-refractivity contribution in [3.8, 4) is 0 Å². The summed E-state index contributed by atoms with van der Waals surface area (Å²) >= 11 is 0. The molecule has 0 atom stereocenters. The maximum absolute atomic E-state index is 12.3. The van der Waals surface area contributed by atoms with Crippen LogP contribution >= 0.6 is 0 Å². The van der Waals surface area contributed by atoms with Crippen molar-refractivity contribution in [3.63, 3.8) is 0 Å². The summed E-state index contributed by atoms with van der Waals surface area (Å²) in [5.74, 6) is -0.925. The van der Waals surface area contributed by atoms with Crippen LogP contribution in [0.5, 0.6) is 0 Å². The normalized spacial score (nSPS) is 16.3. The second kappa shape index (κ2) is 4.63. The Morgan fingerprint density at radius 1 is 1.32 bits per heavy atom. The highest BCUT2D eigenvalue weighted by molar-refractivity contribution is 7.92. The Bertz CT molecular complexity index is 598. The van der Waals surface area contributed by atoms with Gasteiger partial charge in [-0.25, -0.2) is 8.42 Å². The van der Waals surface area contributed by atoms with Crippen LogP contribution in [0.15, 0.2) is 29.2 Å². The molecule has 0 bridgehead atoms. The second-order valence-electron chi connectivity index (χ2n) is 5.72. The van der Waals surface area contributed by atoms with E-state index in [4.69, 9.17) is 5.11 Å². The van der Waals surface area contributed by atoms with Crippen molar-refractivity contribution in [2.45, 2.75) is 43.3 Å². The lowest BCUT2D eigenvalue weighted by Crippen LogP contribution is -2.27. The van der Waals surface area contributed by atoms with Gasteiger partial charge in [0.1, 0.15) is 0 Å². The SMILES string of the molecule is CC(C)(Cc1ccccc1S(=O)(=O)C1CC1)C(=O)O. The Hall–Kier alpha value is -1.36. The summed E-state index contributed by atoms with van der Waals surface area (Å²) in [6.45, 7) is 3.21. The first-order valence-corrected chi connectivity index (χ1v) is 7.85. The van der Waals surface area contributed by atoms with Crippen LogP contribution in [0.25, 0.3) is 0 Å². The van der Waals surface area contributed by atoms with Gasteiger partial charge in [0, 0.05) is 0 Å². The molecule has 104 valence electrons. The Morgan fingerprint density at radius 3 is 2.42 bits per heavy atom. The van der Waals surface area contributed by atoms with Gasteiger partial charge in [0.2, 0.25) is 0 Å². The summed E-state index contributed by atoms with van der Waals surface area (Å²) < 4.78 is 24.6. The number of hydrogen-bond acceptors (Lipinski definition) is 3. The number of benzene rings is 1. The van der Waals surface area contributed by atoms with Crippen molar-refractivity contribution < 1.29 is 18.3 Å². The van der Waals surface area contributed by atoms with E-state index in [0.29, 0.717) is 23.3 Å². The van der Waals surface area contributed by atoms with Crippen LogP contribution in [0.4, 0.5) is 0 Å². The maximum atomic E-state index is 12.3. The van der Waals surface area contributed by atoms with E-state index >= 15 is 0 Å². The van der Waals surface area contributed by atoms with Gasteiger partial charge < -0.3 is 5.11 Å². The van der Waals surface area contributed by atoms with E-state index in [2.05, 4.69) is 0 Å². The number of hydrogen-bond donors (Lipinski definition) is 1. The molecule has 1 aliphatic rings. The van der Waals surface area contributed by atoms with E-state index in [1.165, 1.54) is 0 Å². The zero-order chi connectivity index (χ0) is 14.3. The topological polar surface area (TPSA) is 71.4 Å². The lowest BCUT2D eigenvalue weighted by Gasteiger charge is -2.20. The number of aliphatic carboxylic acids is 1. The summed E-state index contributed by atoms with van der Waals surface area (Å²) in [5, 5.41) is 8.89. The first-order chi connectivity index (χ1) is 8.75. The van der Waals surface area contributed by atoms with Crippen molar-refractivity contribution in [1.82, 2.24) is 0 Å². The van der Waals surface area contributed by atoms with E-state index in [1.807, 2.05) is 0 Å². The minimum Gasteiger partial charge on any atom is -0.481 e. The lowest BCUT2D eigenvalue weighted by atomic mass is 9.86. The van der Waals surface area contributed by atoms with Gasteiger partial charge in [-0.3, -0.25) is 4.79 Å². The minimum absolute atomic E-state index is 0.213. The molecule has 1 saturated carbocycles. The molecule has 0 saturated heterocycles. The van der Waals surface area contributed by atoms with Crippen LogP contribution in [0, 0.1) is 5.41 Å². The van der Waals surface area contributed by atoms with Crippen molar-refractivity contribution in [1.29, 1.82) is 0 Å². The second-order valence-corrected chi connectivity index (χ2v) is 7.91. The molecule has 5 heteroatoms. The third-order valence-electron chi connectivity index (χ3n) is 3.45. The molecular formula is C14H18O4S. The smallest absolute Gasteiger partial charge is 0.309 e. The van der Waals surface area contributed by atoms with Gasteiger partial charge in [-0.05, 0) is 44.7 Å². The molecule has 1 aliphatic carbocycles. The molecule has 1 N–H and O–H groups in total. The molecule has 19 heavy (non-hydrogen) atoms. The summed E-state index contributed by atoms with van der Waals surface area (Å²) in [4.78, 5) is 11.5. The molecule has 4 nitrogen and oxygen atoms in total. The summed E-state index contributed by atoms with van der Waals surface area (Å²) in [6, 6.07) is 6.73. The monoisotopic (exact) mass is 282 g/mol. The average Bonchev–Trinajstić information content (AvgIpc) is 3.12. The van der Waals surface area contributed by atoms with Crippen LogP contribution in [0.3, 0.4) is 0 Å². The molecule has 0 aromatic heterocycles. The molecule has 0 heterocycles. The van der Waals surface area contributed by atoms with Gasteiger partial charge in [-0.15, -0.1) is 0 Å². The Labute approximate surface area is 113 Å². The van der Waals surface area contributed by atoms with Crippen LogP contribution in [0.2, 0.25) is 0 Å². The maximum Gasteiger partial charge on any atom is 0.309 e. The van der Waals surface area contributed by atoms with Crippen molar-refractivity contribution >= 4 is 15.8 Å². The molecule has 2 rings (SSSR count). The Morgan fingerprint density at radius 2 is 1.89 bits per heavy atom. The first-order valence-electron chi connectivity index (χ1n) is 6.30. The zero-order valence-electron chi connectivity index (χ0n) is 11.1. The molecule has 0 aliphatic heterocycles. The van der Waals surface area contributed by atoms with Crippen LogP contribution in [0.1, 0.15) is 32.3 Å². The standard InChI is InChI=1S/C14H18O4S/c1-14(2,13(15)16)9-10-5-3-4-6-12(10)19(17,18)11-7-8-11/h3-6,11H,7-9H2,1-2H3,(H,15,16). The largest absolute Gasteiger partial charge is 0.481 e. The van der Waals surface area contributed by atoms with Crippen molar-refractivity contribution in [2.75, 3.05) is 0 Å². The summed E-state index contributed by atoms with van der Waals surface area (Å²) in [7, 11) is -3.29. The molecule has 1 aromatic rings. The Kier molecular flexibility index (Phi) is 3.43. The molecule has 0 amide bonds. The molecule has 0 unspecified atom stereocenters. The number of carboxylic acid groups (broad SMARTS) is 1. The number of sulfone groups is 1. The number of rotatable bonds is 5. The third kappa shape index (κ3) is 2.81. The highest BCUT2D eigenvalue weighted by Crippen LogP contribution is 2.36. The summed E-state index contributed by atoms with van der Waals surface area (Å²) in [6.07, 6.45) is 1.63.